The highest BCUT2D eigenvalue weighted by Crippen LogP contribution is 2.15. The Bertz CT molecular complexity index is 305. The van der Waals surface area contributed by atoms with Gasteiger partial charge in [-0.2, -0.15) is 5.10 Å². The Kier molecular flexibility index (Phi) is 3.38. The van der Waals surface area contributed by atoms with E-state index in [-0.39, 0.29) is 0 Å². The molecule has 2 atom stereocenters. The van der Waals surface area contributed by atoms with E-state index in [2.05, 4.69) is 23.5 Å². The Labute approximate surface area is 90.6 Å². The number of rotatable bonds is 4. The predicted molar refractivity (Wildman–Crippen MR) is 58.7 cm³/mol. The lowest BCUT2D eigenvalue weighted by atomic mass is 10.2. The summed E-state index contributed by atoms with van der Waals surface area (Å²) in [6, 6.07) is 0.364. The highest BCUT2D eigenvalue weighted by atomic mass is 16.5. The molecule has 4 nitrogen and oxygen atoms in total. The largest absolute Gasteiger partial charge is 0.376 e. The molecule has 84 valence electrons. The molecule has 1 saturated heterocycles. The number of nitrogens with one attached hydrogen (secondary N) is 1. The Morgan fingerprint density at radius 1 is 1.73 bits per heavy atom. The molecule has 1 fully saturated rings. The summed E-state index contributed by atoms with van der Waals surface area (Å²) in [7, 11) is 1.96. The van der Waals surface area contributed by atoms with Crippen LogP contribution in [0.2, 0.25) is 0 Å². The molecule has 1 aromatic rings. The third-order valence-electron chi connectivity index (χ3n) is 3.00. The SMILES string of the molecule is CNC(C)c1cnn(CC2CCCO2)c1. The standard InChI is InChI=1S/C11H19N3O/c1-9(12-2)10-6-13-14(7-10)8-11-4-3-5-15-11/h6-7,9,11-12H,3-5,8H2,1-2H3. The fourth-order valence-electron chi connectivity index (χ4n) is 1.87. The van der Waals surface area contributed by atoms with Crippen molar-refractivity contribution in [2.45, 2.75) is 38.5 Å². The Hall–Kier alpha value is -0.870. The second kappa shape index (κ2) is 4.77. The number of hydrogen-bond donors (Lipinski definition) is 1. The van der Waals surface area contributed by atoms with Crippen molar-refractivity contribution >= 4 is 0 Å². The van der Waals surface area contributed by atoms with Gasteiger partial charge in [-0.25, -0.2) is 0 Å². The van der Waals surface area contributed by atoms with Gasteiger partial charge in [-0.3, -0.25) is 4.68 Å². The van der Waals surface area contributed by atoms with Crippen molar-refractivity contribution < 1.29 is 4.74 Å². The van der Waals surface area contributed by atoms with E-state index in [0.717, 1.165) is 19.6 Å². The highest BCUT2D eigenvalue weighted by Gasteiger charge is 2.16. The van der Waals surface area contributed by atoms with Gasteiger partial charge in [0.15, 0.2) is 0 Å². The molecule has 2 heterocycles. The molecule has 0 radical (unpaired) electrons. The van der Waals surface area contributed by atoms with Crippen LogP contribution >= 0.6 is 0 Å². The Morgan fingerprint density at radius 3 is 3.27 bits per heavy atom. The lowest BCUT2D eigenvalue weighted by Gasteiger charge is -2.09. The summed E-state index contributed by atoms with van der Waals surface area (Å²) in [6.07, 6.45) is 6.74. The average Bonchev–Trinajstić information content (AvgIpc) is 2.88. The van der Waals surface area contributed by atoms with Crippen LogP contribution in [0.15, 0.2) is 12.4 Å². The maximum Gasteiger partial charge on any atom is 0.0771 e. The molecule has 1 N–H and O–H groups in total. The molecule has 0 amide bonds. The lowest BCUT2D eigenvalue weighted by molar-refractivity contribution is 0.0940. The third-order valence-corrected chi connectivity index (χ3v) is 3.00. The molecule has 4 heteroatoms. The molecule has 0 aliphatic carbocycles. The van der Waals surface area contributed by atoms with Crippen LogP contribution in [-0.4, -0.2) is 29.5 Å². The smallest absolute Gasteiger partial charge is 0.0771 e. The van der Waals surface area contributed by atoms with Gasteiger partial charge in [0.05, 0.1) is 18.8 Å². The molecule has 1 aliphatic rings. The molecule has 0 aromatic carbocycles. The van der Waals surface area contributed by atoms with Crippen LogP contribution in [-0.2, 0) is 11.3 Å². The molecule has 0 saturated carbocycles. The molecule has 0 spiro atoms. The van der Waals surface area contributed by atoms with Gasteiger partial charge in [0.1, 0.15) is 0 Å². The zero-order chi connectivity index (χ0) is 10.7. The summed E-state index contributed by atoms with van der Waals surface area (Å²) in [5.74, 6) is 0. The van der Waals surface area contributed by atoms with Crippen molar-refractivity contribution in [1.82, 2.24) is 15.1 Å². The van der Waals surface area contributed by atoms with E-state index in [1.165, 1.54) is 12.0 Å². The average molecular weight is 209 g/mol. The summed E-state index contributed by atoms with van der Waals surface area (Å²) in [6.45, 7) is 3.93. The second-order valence-corrected chi connectivity index (χ2v) is 4.14. The van der Waals surface area contributed by atoms with Gasteiger partial charge in [-0.1, -0.05) is 0 Å². The van der Waals surface area contributed by atoms with E-state index >= 15 is 0 Å². The summed E-state index contributed by atoms with van der Waals surface area (Å²) in [5, 5.41) is 7.55. The predicted octanol–water partition coefficient (Wildman–Crippen LogP) is 1.34. The summed E-state index contributed by atoms with van der Waals surface area (Å²) in [4.78, 5) is 0. The van der Waals surface area contributed by atoms with Crippen molar-refractivity contribution in [1.29, 1.82) is 0 Å². The van der Waals surface area contributed by atoms with Crippen LogP contribution < -0.4 is 5.32 Å². The number of aromatic nitrogens is 2. The van der Waals surface area contributed by atoms with Gasteiger partial charge in [0.25, 0.3) is 0 Å². The van der Waals surface area contributed by atoms with Crippen LogP contribution in [0.1, 0.15) is 31.4 Å². The topological polar surface area (TPSA) is 39.1 Å². The van der Waals surface area contributed by atoms with E-state index in [9.17, 15) is 0 Å². The first-order valence-corrected chi connectivity index (χ1v) is 5.61. The maximum atomic E-state index is 5.58. The van der Waals surface area contributed by atoms with Crippen LogP contribution in [0, 0.1) is 0 Å². The molecule has 2 unspecified atom stereocenters. The molecular formula is C11H19N3O. The third kappa shape index (κ3) is 2.58. The van der Waals surface area contributed by atoms with Gasteiger partial charge in [0.2, 0.25) is 0 Å². The first-order valence-electron chi connectivity index (χ1n) is 5.61. The van der Waals surface area contributed by atoms with Gasteiger partial charge >= 0.3 is 0 Å². The van der Waals surface area contributed by atoms with E-state index in [1.807, 2.05) is 17.9 Å². The van der Waals surface area contributed by atoms with Gasteiger partial charge < -0.3 is 10.1 Å². The zero-order valence-electron chi connectivity index (χ0n) is 9.44. The fourth-order valence-corrected chi connectivity index (χ4v) is 1.87. The zero-order valence-corrected chi connectivity index (χ0v) is 9.44. The lowest BCUT2D eigenvalue weighted by Crippen LogP contribution is -2.15. The van der Waals surface area contributed by atoms with Gasteiger partial charge in [0, 0.05) is 24.4 Å². The second-order valence-electron chi connectivity index (χ2n) is 4.14. The van der Waals surface area contributed by atoms with E-state index in [0.29, 0.717) is 12.1 Å². The minimum absolute atomic E-state index is 0.364. The number of hydrogen-bond acceptors (Lipinski definition) is 3. The molecule has 1 aromatic heterocycles. The highest BCUT2D eigenvalue weighted by molar-refractivity contribution is 5.08. The number of ether oxygens (including phenoxy) is 1. The summed E-state index contributed by atoms with van der Waals surface area (Å²) in [5.41, 5.74) is 1.23. The molecular weight excluding hydrogens is 190 g/mol. The molecule has 0 bridgehead atoms. The number of nitrogens with zero attached hydrogens (tertiary/aromatic N) is 2. The monoisotopic (exact) mass is 209 g/mol. The van der Waals surface area contributed by atoms with Crippen molar-refractivity contribution in [2.24, 2.45) is 0 Å². The van der Waals surface area contributed by atoms with Crippen molar-refractivity contribution in [2.75, 3.05) is 13.7 Å². The van der Waals surface area contributed by atoms with Crippen molar-refractivity contribution in [3.8, 4) is 0 Å². The molecule has 2 rings (SSSR count). The van der Waals surface area contributed by atoms with E-state index < -0.39 is 0 Å². The van der Waals surface area contributed by atoms with Crippen LogP contribution in [0.4, 0.5) is 0 Å². The first-order chi connectivity index (χ1) is 7.29. The Balaban J connectivity index is 1.94. The Morgan fingerprint density at radius 2 is 2.60 bits per heavy atom. The van der Waals surface area contributed by atoms with E-state index in [1.54, 1.807) is 0 Å². The van der Waals surface area contributed by atoms with Crippen LogP contribution in [0.3, 0.4) is 0 Å². The summed E-state index contributed by atoms with van der Waals surface area (Å²) >= 11 is 0. The minimum atomic E-state index is 0.364. The molecule has 1 aliphatic heterocycles. The first kappa shape index (κ1) is 10.6. The van der Waals surface area contributed by atoms with E-state index in [4.69, 9.17) is 4.74 Å². The van der Waals surface area contributed by atoms with Gasteiger partial charge in [-0.05, 0) is 26.8 Å². The molecule has 15 heavy (non-hydrogen) atoms. The van der Waals surface area contributed by atoms with Gasteiger partial charge in [-0.15, -0.1) is 0 Å². The van der Waals surface area contributed by atoms with Crippen molar-refractivity contribution in [3.63, 3.8) is 0 Å². The fraction of sp³-hybridized carbons (Fsp3) is 0.727. The summed E-state index contributed by atoms with van der Waals surface area (Å²) < 4.78 is 7.56. The minimum Gasteiger partial charge on any atom is -0.376 e. The normalized spacial score (nSPS) is 23.2. The van der Waals surface area contributed by atoms with Crippen molar-refractivity contribution in [3.05, 3.63) is 18.0 Å². The quantitative estimate of drug-likeness (QED) is 0.813. The maximum absolute atomic E-state index is 5.58. The van der Waals surface area contributed by atoms with Crippen LogP contribution in [0.5, 0.6) is 0 Å². The van der Waals surface area contributed by atoms with Crippen LogP contribution in [0.25, 0.3) is 0 Å².